The van der Waals surface area contributed by atoms with Crippen molar-refractivity contribution in [3.05, 3.63) is 138 Å². The lowest BCUT2D eigenvalue weighted by Crippen LogP contribution is -2.07. The fraction of sp³-hybridized carbons (Fsp3) is 0.129. The van der Waals surface area contributed by atoms with Crippen molar-refractivity contribution in [2.45, 2.75) is 12.3 Å². The Labute approximate surface area is 201 Å². The highest BCUT2D eigenvalue weighted by molar-refractivity contribution is 5.97. The predicted molar refractivity (Wildman–Crippen MR) is 138 cm³/mol. The molecule has 4 aromatic carbocycles. The van der Waals surface area contributed by atoms with Gasteiger partial charge in [-0.2, -0.15) is 0 Å². The number of ketones is 1. The lowest BCUT2D eigenvalue weighted by atomic mass is 9.86. The van der Waals surface area contributed by atoms with Crippen molar-refractivity contribution < 1.29 is 14.3 Å². The van der Waals surface area contributed by atoms with Crippen molar-refractivity contribution in [3.63, 3.8) is 0 Å². The minimum atomic E-state index is -0.0897. The summed E-state index contributed by atoms with van der Waals surface area (Å²) < 4.78 is 10.7. The highest BCUT2D eigenvalue weighted by Gasteiger charge is 2.18. The number of carbonyl (C=O) groups excluding carboxylic acids is 1. The van der Waals surface area contributed by atoms with E-state index in [1.54, 1.807) is 14.2 Å². The third kappa shape index (κ3) is 5.62. The SMILES string of the molecule is COc1ccc(C(=CC(CC(=O)c2ccccc2)c2ccccc2)c2ccc(OC)cc2)cc1. The monoisotopic (exact) mass is 448 g/mol. The first-order valence-electron chi connectivity index (χ1n) is 11.3. The molecule has 0 radical (unpaired) electrons. The number of hydrogen-bond donors (Lipinski definition) is 0. The Morgan fingerprint density at radius 3 is 1.59 bits per heavy atom. The van der Waals surface area contributed by atoms with E-state index in [-0.39, 0.29) is 11.7 Å². The number of hydrogen-bond acceptors (Lipinski definition) is 3. The zero-order valence-corrected chi connectivity index (χ0v) is 19.5. The molecule has 0 fully saturated rings. The van der Waals surface area contributed by atoms with Crippen LogP contribution >= 0.6 is 0 Å². The summed E-state index contributed by atoms with van der Waals surface area (Å²) in [4.78, 5) is 13.2. The zero-order valence-electron chi connectivity index (χ0n) is 19.5. The summed E-state index contributed by atoms with van der Waals surface area (Å²) in [6.45, 7) is 0. The molecule has 0 saturated heterocycles. The van der Waals surface area contributed by atoms with Gasteiger partial charge in [-0.15, -0.1) is 0 Å². The molecular weight excluding hydrogens is 420 g/mol. The third-order valence-electron chi connectivity index (χ3n) is 5.90. The Hall–Kier alpha value is -4.11. The lowest BCUT2D eigenvalue weighted by Gasteiger charge is -2.17. The molecule has 0 aliphatic rings. The molecule has 4 rings (SSSR count). The quantitative estimate of drug-likeness (QED) is 0.254. The van der Waals surface area contributed by atoms with Crippen molar-refractivity contribution >= 4 is 11.4 Å². The second kappa shape index (κ2) is 11.2. The number of rotatable bonds is 9. The predicted octanol–water partition coefficient (Wildman–Crippen LogP) is 7.19. The minimum Gasteiger partial charge on any atom is -0.497 e. The Morgan fingerprint density at radius 2 is 1.12 bits per heavy atom. The van der Waals surface area contributed by atoms with Crippen molar-refractivity contribution in [2.24, 2.45) is 0 Å². The van der Waals surface area contributed by atoms with Gasteiger partial charge in [0.05, 0.1) is 14.2 Å². The first-order chi connectivity index (χ1) is 16.7. The first-order valence-corrected chi connectivity index (χ1v) is 11.3. The average Bonchev–Trinajstić information content (AvgIpc) is 2.92. The summed E-state index contributed by atoms with van der Waals surface area (Å²) in [5.74, 6) is 1.64. The second-order valence-corrected chi connectivity index (χ2v) is 8.05. The second-order valence-electron chi connectivity index (χ2n) is 8.05. The first kappa shape index (κ1) is 23.1. The smallest absolute Gasteiger partial charge is 0.163 e. The molecule has 0 aliphatic carbocycles. The van der Waals surface area contributed by atoms with E-state index in [4.69, 9.17) is 9.47 Å². The van der Waals surface area contributed by atoms with Gasteiger partial charge in [-0.05, 0) is 46.5 Å². The summed E-state index contributed by atoms with van der Waals surface area (Å²) in [5.41, 5.74) is 5.00. The maximum Gasteiger partial charge on any atom is 0.163 e. The van der Waals surface area contributed by atoms with E-state index in [0.717, 1.165) is 39.3 Å². The van der Waals surface area contributed by atoms with E-state index in [9.17, 15) is 4.79 Å². The van der Waals surface area contributed by atoms with Gasteiger partial charge >= 0.3 is 0 Å². The van der Waals surface area contributed by atoms with Gasteiger partial charge in [0.2, 0.25) is 0 Å². The van der Waals surface area contributed by atoms with Crippen molar-refractivity contribution in [3.8, 4) is 11.5 Å². The van der Waals surface area contributed by atoms with Gasteiger partial charge < -0.3 is 9.47 Å². The number of Topliss-reactive ketones (excluding diaryl/α,β-unsaturated/α-hetero) is 1. The van der Waals surface area contributed by atoms with E-state index in [2.05, 4.69) is 42.5 Å². The van der Waals surface area contributed by atoms with Crippen LogP contribution in [0.15, 0.2) is 115 Å². The molecule has 3 nitrogen and oxygen atoms in total. The van der Waals surface area contributed by atoms with Gasteiger partial charge in [-0.25, -0.2) is 0 Å². The van der Waals surface area contributed by atoms with Gasteiger partial charge in [-0.3, -0.25) is 4.79 Å². The Bertz CT molecular complexity index is 1180. The van der Waals surface area contributed by atoms with E-state index in [1.807, 2.05) is 72.8 Å². The van der Waals surface area contributed by atoms with Crippen LogP contribution in [-0.2, 0) is 0 Å². The lowest BCUT2D eigenvalue weighted by molar-refractivity contribution is 0.0978. The maximum atomic E-state index is 13.2. The topological polar surface area (TPSA) is 35.5 Å². The van der Waals surface area contributed by atoms with Crippen molar-refractivity contribution in [1.29, 1.82) is 0 Å². The zero-order chi connectivity index (χ0) is 23.8. The van der Waals surface area contributed by atoms with E-state index < -0.39 is 0 Å². The number of benzene rings is 4. The molecule has 0 bridgehead atoms. The van der Waals surface area contributed by atoms with Crippen LogP contribution in [0, 0.1) is 0 Å². The fourth-order valence-corrected chi connectivity index (χ4v) is 4.02. The molecule has 3 heteroatoms. The third-order valence-corrected chi connectivity index (χ3v) is 5.90. The summed E-state index contributed by atoms with van der Waals surface area (Å²) in [6, 6.07) is 35.7. The molecule has 4 aromatic rings. The molecule has 0 amide bonds. The minimum absolute atomic E-state index is 0.0897. The molecule has 170 valence electrons. The summed E-state index contributed by atoms with van der Waals surface area (Å²) in [6.07, 6.45) is 2.59. The van der Waals surface area contributed by atoms with Crippen molar-refractivity contribution in [1.82, 2.24) is 0 Å². The number of ether oxygens (including phenoxy) is 2. The number of allylic oxidation sites excluding steroid dienone is 1. The van der Waals surface area contributed by atoms with Gasteiger partial charge in [0.25, 0.3) is 0 Å². The van der Waals surface area contributed by atoms with Crippen LogP contribution in [0.4, 0.5) is 0 Å². The van der Waals surface area contributed by atoms with Gasteiger partial charge in [0, 0.05) is 17.9 Å². The molecule has 0 heterocycles. The van der Waals surface area contributed by atoms with Gasteiger partial charge in [0.1, 0.15) is 11.5 Å². The normalized spacial score (nSPS) is 11.4. The van der Waals surface area contributed by atoms with Crippen LogP contribution in [0.1, 0.15) is 39.4 Å². The number of methoxy groups -OCH3 is 2. The van der Waals surface area contributed by atoms with Gasteiger partial charge in [-0.1, -0.05) is 91.0 Å². The Balaban J connectivity index is 1.79. The Morgan fingerprint density at radius 1 is 0.647 bits per heavy atom. The van der Waals surface area contributed by atoms with Gasteiger partial charge in [0.15, 0.2) is 5.78 Å². The highest BCUT2D eigenvalue weighted by atomic mass is 16.5. The molecule has 0 aromatic heterocycles. The number of carbonyl (C=O) groups is 1. The van der Waals surface area contributed by atoms with E-state index in [0.29, 0.717) is 6.42 Å². The summed E-state index contributed by atoms with van der Waals surface area (Å²) in [7, 11) is 3.33. The molecule has 0 saturated carbocycles. The molecular formula is C31H28O3. The average molecular weight is 449 g/mol. The van der Waals surface area contributed by atoms with Crippen LogP contribution in [0.3, 0.4) is 0 Å². The van der Waals surface area contributed by atoms with Crippen LogP contribution in [-0.4, -0.2) is 20.0 Å². The Kier molecular flexibility index (Phi) is 7.56. The summed E-state index contributed by atoms with van der Waals surface area (Å²) in [5, 5.41) is 0. The van der Waals surface area contributed by atoms with Crippen LogP contribution in [0.2, 0.25) is 0 Å². The molecule has 1 unspecified atom stereocenters. The fourth-order valence-electron chi connectivity index (χ4n) is 4.02. The molecule has 0 spiro atoms. The summed E-state index contributed by atoms with van der Waals surface area (Å²) >= 11 is 0. The van der Waals surface area contributed by atoms with Crippen LogP contribution < -0.4 is 9.47 Å². The molecule has 0 N–H and O–H groups in total. The van der Waals surface area contributed by atoms with Crippen LogP contribution in [0.25, 0.3) is 5.57 Å². The molecule has 34 heavy (non-hydrogen) atoms. The van der Waals surface area contributed by atoms with Crippen molar-refractivity contribution in [2.75, 3.05) is 14.2 Å². The maximum absolute atomic E-state index is 13.2. The van der Waals surface area contributed by atoms with E-state index in [1.165, 1.54) is 0 Å². The largest absolute Gasteiger partial charge is 0.497 e. The molecule has 1 atom stereocenters. The highest BCUT2D eigenvalue weighted by Crippen LogP contribution is 2.33. The standard InChI is InChI=1S/C31H28O3/c1-33-28-17-13-24(14-18-28)30(25-15-19-29(34-2)20-16-25)21-27(23-9-5-3-6-10-23)22-31(32)26-11-7-4-8-12-26/h3-21,27H,22H2,1-2H3. The van der Waals surface area contributed by atoms with Crippen LogP contribution in [0.5, 0.6) is 11.5 Å². The molecule has 0 aliphatic heterocycles. The van der Waals surface area contributed by atoms with E-state index >= 15 is 0 Å².